The van der Waals surface area contributed by atoms with Crippen LogP contribution in [0.5, 0.6) is 0 Å². The molecular formula is C22H10Br2O. The first-order valence-electron chi connectivity index (χ1n) is 8.18. The quantitative estimate of drug-likeness (QED) is 0.199. The summed E-state index contributed by atoms with van der Waals surface area (Å²) in [7, 11) is 0. The Morgan fingerprint density at radius 3 is 2.24 bits per heavy atom. The van der Waals surface area contributed by atoms with Gasteiger partial charge in [-0.3, -0.25) is 4.79 Å². The third kappa shape index (κ3) is 1.70. The minimum atomic E-state index is 0.208. The summed E-state index contributed by atoms with van der Waals surface area (Å²) in [4.78, 5) is 12.6. The molecule has 0 heterocycles. The lowest BCUT2D eigenvalue weighted by Crippen LogP contribution is -2.16. The van der Waals surface area contributed by atoms with Gasteiger partial charge < -0.3 is 0 Å². The van der Waals surface area contributed by atoms with E-state index in [1.807, 2.05) is 0 Å². The molecule has 118 valence electrons. The maximum absolute atomic E-state index is 12.6. The van der Waals surface area contributed by atoms with E-state index < -0.39 is 0 Å². The molecule has 0 spiro atoms. The predicted molar refractivity (Wildman–Crippen MR) is 112 cm³/mol. The molecule has 0 fully saturated rings. The van der Waals surface area contributed by atoms with Gasteiger partial charge in [-0.1, -0.05) is 50.1 Å². The van der Waals surface area contributed by atoms with Crippen LogP contribution in [-0.2, 0) is 0 Å². The van der Waals surface area contributed by atoms with Crippen molar-refractivity contribution in [1.29, 1.82) is 0 Å². The predicted octanol–water partition coefficient (Wildman–Crippen LogP) is 6.35. The van der Waals surface area contributed by atoms with Gasteiger partial charge in [0.2, 0.25) is 0 Å². The number of carbonyl (C=O) groups excluding carboxylic acids is 1. The monoisotopic (exact) mass is 448 g/mol. The van der Waals surface area contributed by atoms with Gasteiger partial charge in [-0.15, -0.1) is 0 Å². The maximum atomic E-state index is 12.6. The highest BCUT2D eigenvalue weighted by Crippen LogP contribution is 2.42. The summed E-state index contributed by atoms with van der Waals surface area (Å²) < 4.78 is 2.15. The first-order chi connectivity index (χ1) is 12.1. The zero-order chi connectivity index (χ0) is 16.9. The smallest absolute Gasteiger partial charge is 0.167 e. The van der Waals surface area contributed by atoms with E-state index in [0.717, 1.165) is 30.5 Å². The summed E-state index contributed by atoms with van der Waals surface area (Å²) in [6.07, 6.45) is 2.53. The molecule has 0 aliphatic heterocycles. The minimum absolute atomic E-state index is 0.208. The number of hydrogen-bond acceptors (Lipinski definition) is 1. The normalized spacial score (nSPS) is 14.2. The number of hydrogen-bond donors (Lipinski definition) is 0. The van der Waals surface area contributed by atoms with E-state index in [-0.39, 0.29) is 5.78 Å². The highest BCUT2D eigenvalue weighted by molar-refractivity contribution is 9.10. The molecule has 0 N–H and O–H groups in total. The van der Waals surface area contributed by atoms with E-state index in [1.54, 1.807) is 0 Å². The summed E-state index contributed by atoms with van der Waals surface area (Å²) in [6.45, 7) is 0. The lowest BCUT2D eigenvalue weighted by atomic mass is 9.84. The van der Waals surface area contributed by atoms with Crippen LogP contribution in [0, 0.1) is 0 Å². The van der Waals surface area contributed by atoms with E-state index in [2.05, 4.69) is 80.4 Å². The highest BCUT2D eigenvalue weighted by Gasteiger charge is 2.22. The molecule has 5 aromatic carbocycles. The van der Waals surface area contributed by atoms with Crippen LogP contribution >= 0.6 is 31.9 Å². The Bertz CT molecular complexity index is 1450. The van der Waals surface area contributed by atoms with Crippen LogP contribution in [0.3, 0.4) is 0 Å². The van der Waals surface area contributed by atoms with Crippen molar-refractivity contribution in [2.45, 2.75) is 6.42 Å². The molecule has 0 aromatic heterocycles. The molecule has 1 aliphatic carbocycles. The van der Waals surface area contributed by atoms with Crippen LogP contribution in [0.2, 0.25) is 0 Å². The number of carbonyl (C=O) groups is 1. The summed E-state index contributed by atoms with van der Waals surface area (Å²) in [5.41, 5.74) is 0.857. The number of benzene rings is 5. The molecule has 0 bridgehead atoms. The maximum Gasteiger partial charge on any atom is 0.167 e. The van der Waals surface area contributed by atoms with Gasteiger partial charge >= 0.3 is 0 Å². The van der Waals surface area contributed by atoms with E-state index in [9.17, 15) is 4.79 Å². The molecule has 0 atom stereocenters. The zero-order valence-corrected chi connectivity index (χ0v) is 16.2. The second kappa shape index (κ2) is 4.60. The standard InChI is InChI=1S/C22H10Br2O/c23-14-6-10-1-2-11-8-16-18(25)4-3-15-17(24)9-13-5-12(7-14)19(10)20(11)21(13)22(15)16/h1-3,5-9H,4H2. The first kappa shape index (κ1) is 14.2. The number of halogens is 2. The Hall–Kier alpha value is -1.97. The summed E-state index contributed by atoms with van der Waals surface area (Å²) in [6, 6.07) is 15.2. The number of ketones is 1. The third-order valence-corrected chi connectivity index (χ3v) is 6.53. The molecule has 0 radical (unpaired) electrons. The molecule has 0 saturated carbocycles. The van der Waals surface area contributed by atoms with Crippen molar-refractivity contribution in [3.05, 3.63) is 62.2 Å². The third-order valence-electron chi connectivity index (χ3n) is 5.41. The second-order valence-corrected chi connectivity index (χ2v) is 8.54. The van der Waals surface area contributed by atoms with Crippen molar-refractivity contribution in [3.8, 4) is 0 Å². The molecule has 0 unspecified atom stereocenters. The molecule has 0 amide bonds. The van der Waals surface area contributed by atoms with Crippen LogP contribution in [-0.4, -0.2) is 5.78 Å². The molecular weight excluding hydrogens is 440 g/mol. The van der Waals surface area contributed by atoms with E-state index in [1.165, 1.54) is 32.3 Å². The average molecular weight is 450 g/mol. The SMILES string of the molecule is O=C1CC=c2c(Br)cc3cc4cc(Br)cc5ccc6cc1c2c3c6c54. The largest absolute Gasteiger partial charge is 0.294 e. The fourth-order valence-electron chi connectivity index (χ4n) is 4.45. The Kier molecular flexibility index (Phi) is 2.62. The van der Waals surface area contributed by atoms with Crippen molar-refractivity contribution in [2.75, 3.05) is 0 Å². The molecule has 25 heavy (non-hydrogen) atoms. The fourth-order valence-corrected chi connectivity index (χ4v) is 5.55. The second-order valence-electron chi connectivity index (χ2n) is 6.77. The lowest BCUT2D eigenvalue weighted by Gasteiger charge is -2.19. The van der Waals surface area contributed by atoms with Crippen molar-refractivity contribution >= 4 is 86.8 Å². The van der Waals surface area contributed by atoms with Gasteiger partial charge in [0.1, 0.15) is 0 Å². The van der Waals surface area contributed by atoms with Gasteiger partial charge in [0, 0.05) is 26.3 Å². The van der Waals surface area contributed by atoms with E-state index >= 15 is 0 Å². The molecule has 0 saturated heterocycles. The highest BCUT2D eigenvalue weighted by atomic mass is 79.9. The number of Topliss-reactive ketones (excluding diaryl/α,β-unsaturated/α-hetero) is 1. The van der Waals surface area contributed by atoms with Gasteiger partial charge in [-0.05, 0) is 73.3 Å². The van der Waals surface area contributed by atoms with Crippen LogP contribution in [0.4, 0.5) is 0 Å². The van der Waals surface area contributed by atoms with Crippen molar-refractivity contribution in [2.24, 2.45) is 0 Å². The molecule has 1 aliphatic rings. The van der Waals surface area contributed by atoms with Crippen molar-refractivity contribution in [1.82, 2.24) is 0 Å². The van der Waals surface area contributed by atoms with Gasteiger partial charge in [-0.2, -0.15) is 0 Å². The van der Waals surface area contributed by atoms with Crippen LogP contribution in [0.1, 0.15) is 16.8 Å². The fraction of sp³-hybridized carbons (Fsp3) is 0.0455. The van der Waals surface area contributed by atoms with Crippen LogP contribution in [0.25, 0.3) is 49.2 Å². The van der Waals surface area contributed by atoms with Crippen LogP contribution in [0.15, 0.2) is 51.4 Å². The van der Waals surface area contributed by atoms with Crippen molar-refractivity contribution in [3.63, 3.8) is 0 Å². The Morgan fingerprint density at radius 2 is 1.40 bits per heavy atom. The van der Waals surface area contributed by atoms with Gasteiger partial charge in [0.25, 0.3) is 0 Å². The van der Waals surface area contributed by atoms with Crippen molar-refractivity contribution < 1.29 is 4.79 Å². The van der Waals surface area contributed by atoms with Gasteiger partial charge in [0.15, 0.2) is 5.78 Å². The summed E-state index contributed by atoms with van der Waals surface area (Å²) >= 11 is 7.35. The Balaban J connectivity index is 2.08. The molecule has 6 rings (SSSR count). The van der Waals surface area contributed by atoms with E-state index in [0.29, 0.717) is 6.42 Å². The van der Waals surface area contributed by atoms with Gasteiger partial charge in [0.05, 0.1) is 0 Å². The Morgan fingerprint density at radius 1 is 0.720 bits per heavy atom. The topological polar surface area (TPSA) is 17.1 Å². The first-order valence-corrected chi connectivity index (χ1v) is 9.77. The molecule has 1 nitrogen and oxygen atoms in total. The molecule has 5 aromatic rings. The molecule has 3 heteroatoms. The lowest BCUT2D eigenvalue weighted by molar-refractivity contribution is 0.1000. The van der Waals surface area contributed by atoms with Crippen LogP contribution < -0.4 is 5.22 Å². The van der Waals surface area contributed by atoms with Gasteiger partial charge in [-0.25, -0.2) is 0 Å². The zero-order valence-electron chi connectivity index (χ0n) is 13.0. The average Bonchev–Trinajstić information content (AvgIpc) is 2.59. The summed E-state index contributed by atoms with van der Waals surface area (Å²) in [5, 5.41) is 10.8. The minimum Gasteiger partial charge on any atom is -0.294 e. The number of rotatable bonds is 0. The Labute approximate surface area is 159 Å². The summed E-state index contributed by atoms with van der Waals surface area (Å²) in [5.74, 6) is 0.208. The van der Waals surface area contributed by atoms with E-state index in [4.69, 9.17) is 0 Å².